The van der Waals surface area contributed by atoms with Crippen LogP contribution in [0.15, 0.2) is 58.9 Å². The highest BCUT2D eigenvalue weighted by Gasteiger charge is 2.11. The summed E-state index contributed by atoms with van der Waals surface area (Å²) < 4.78 is 0. The summed E-state index contributed by atoms with van der Waals surface area (Å²) in [6, 6.07) is 10.5. The second-order valence-electron chi connectivity index (χ2n) is 4.59. The van der Waals surface area contributed by atoms with Crippen molar-refractivity contribution < 1.29 is 0 Å². The first-order valence-corrected chi connectivity index (χ1v) is 7.27. The number of benzene rings is 1. The molecule has 1 saturated carbocycles. The number of thioether (sulfide) groups is 1. The van der Waals surface area contributed by atoms with Crippen LogP contribution in [0.25, 0.3) is 0 Å². The van der Waals surface area contributed by atoms with E-state index >= 15 is 0 Å². The highest BCUT2D eigenvalue weighted by Crippen LogP contribution is 2.32. The Hall–Kier alpha value is -0.950. The van der Waals surface area contributed by atoms with Crippen LogP contribution in [-0.4, -0.2) is 0 Å². The van der Waals surface area contributed by atoms with Gasteiger partial charge in [0.15, 0.2) is 0 Å². The first-order chi connectivity index (χ1) is 8.38. The number of hydrogen-bond acceptors (Lipinski definition) is 1. The Labute approximate surface area is 109 Å². The number of rotatable bonds is 4. The maximum atomic E-state index is 3.93. The van der Waals surface area contributed by atoms with Crippen LogP contribution in [0.2, 0.25) is 0 Å². The average Bonchev–Trinajstić information content (AvgIpc) is 2.40. The summed E-state index contributed by atoms with van der Waals surface area (Å²) in [4.78, 5) is 2.61. The molecule has 1 aromatic carbocycles. The van der Waals surface area contributed by atoms with Gasteiger partial charge >= 0.3 is 0 Å². The number of allylic oxidation sites excluding steroid dienone is 2. The van der Waals surface area contributed by atoms with Gasteiger partial charge in [0.1, 0.15) is 0 Å². The average molecular weight is 244 g/mol. The summed E-state index contributed by atoms with van der Waals surface area (Å²) in [5, 5.41) is 0. The van der Waals surface area contributed by atoms with Crippen LogP contribution in [-0.2, 0) is 0 Å². The molecule has 0 atom stereocenters. The summed E-state index contributed by atoms with van der Waals surface area (Å²) in [6.45, 7) is 3.93. The van der Waals surface area contributed by atoms with Gasteiger partial charge in [-0.05, 0) is 30.9 Å². The maximum Gasteiger partial charge on any atom is 0.0122 e. The molecule has 0 heterocycles. The van der Waals surface area contributed by atoms with Crippen molar-refractivity contribution in [3.05, 3.63) is 54.0 Å². The smallest absolute Gasteiger partial charge is 0.0122 e. The van der Waals surface area contributed by atoms with E-state index in [4.69, 9.17) is 0 Å². The summed E-state index contributed by atoms with van der Waals surface area (Å²) in [5.74, 6) is 0.771. The molecule has 0 nitrogen and oxygen atoms in total. The predicted molar refractivity (Wildman–Crippen MR) is 77.2 cm³/mol. The quantitative estimate of drug-likeness (QED) is 0.503. The van der Waals surface area contributed by atoms with E-state index in [1.807, 2.05) is 17.8 Å². The molecule has 90 valence electrons. The molecule has 17 heavy (non-hydrogen) atoms. The SMILES string of the molecule is C=C/C(=C\C1CCCCC1)Sc1ccccc1. The van der Waals surface area contributed by atoms with Crippen molar-refractivity contribution in [1.82, 2.24) is 0 Å². The second-order valence-corrected chi connectivity index (χ2v) is 5.73. The Morgan fingerprint density at radius 1 is 1.12 bits per heavy atom. The van der Waals surface area contributed by atoms with E-state index in [0.717, 1.165) is 5.92 Å². The van der Waals surface area contributed by atoms with Crippen molar-refractivity contribution in [1.29, 1.82) is 0 Å². The molecule has 0 bridgehead atoms. The van der Waals surface area contributed by atoms with E-state index in [0.29, 0.717) is 0 Å². The highest BCUT2D eigenvalue weighted by atomic mass is 32.2. The summed E-state index contributed by atoms with van der Waals surface area (Å²) in [6.07, 6.45) is 11.3. The fraction of sp³-hybridized carbons (Fsp3) is 0.375. The number of hydrogen-bond donors (Lipinski definition) is 0. The molecule has 0 aromatic heterocycles. The molecule has 1 aliphatic rings. The zero-order valence-corrected chi connectivity index (χ0v) is 11.1. The molecule has 0 N–H and O–H groups in total. The van der Waals surface area contributed by atoms with Gasteiger partial charge in [-0.2, -0.15) is 0 Å². The van der Waals surface area contributed by atoms with Gasteiger partial charge in [0.05, 0.1) is 0 Å². The van der Waals surface area contributed by atoms with Crippen molar-refractivity contribution >= 4 is 11.8 Å². The van der Waals surface area contributed by atoms with E-state index < -0.39 is 0 Å². The van der Waals surface area contributed by atoms with E-state index in [9.17, 15) is 0 Å². The lowest BCUT2D eigenvalue weighted by atomic mass is 9.89. The first kappa shape index (κ1) is 12.5. The fourth-order valence-electron chi connectivity index (χ4n) is 2.30. The molecule has 0 spiro atoms. The first-order valence-electron chi connectivity index (χ1n) is 6.45. The molecule has 0 unspecified atom stereocenters. The van der Waals surface area contributed by atoms with Crippen molar-refractivity contribution in [2.24, 2.45) is 5.92 Å². The van der Waals surface area contributed by atoms with Crippen LogP contribution >= 0.6 is 11.8 Å². The molecule has 1 heteroatoms. The Morgan fingerprint density at radius 3 is 2.47 bits per heavy atom. The van der Waals surface area contributed by atoms with Gasteiger partial charge in [-0.15, -0.1) is 0 Å². The Kier molecular flexibility index (Phi) is 4.93. The van der Waals surface area contributed by atoms with Crippen LogP contribution in [0.3, 0.4) is 0 Å². The van der Waals surface area contributed by atoms with Crippen LogP contribution < -0.4 is 0 Å². The van der Waals surface area contributed by atoms with Gasteiger partial charge in [0, 0.05) is 9.80 Å². The third kappa shape index (κ3) is 4.08. The molecule has 0 aliphatic heterocycles. The summed E-state index contributed by atoms with van der Waals surface area (Å²) in [5.41, 5.74) is 0. The third-order valence-electron chi connectivity index (χ3n) is 3.23. The minimum absolute atomic E-state index is 0.771. The lowest BCUT2D eigenvalue weighted by Gasteiger charge is -2.18. The van der Waals surface area contributed by atoms with E-state index in [-0.39, 0.29) is 0 Å². The fourth-order valence-corrected chi connectivity index (χ4v) is 3.21. The zero-order chi connectivity index (χ0) is 11.9. The van der Waals surface area contributed by atoms with Crippen LogP contribution in [0.1, 0.15) is 32.1 Å². The maximum absolute atomic E-state index is 3.93. The largest absolute Gasteiger partial charge is 0.0980 e. The lowest BCUT2D eigenvalue weighted by Crippen LogP contribution is -2.03. The zero-order valence-electron chi connectivity index (χ0n) is 10.3. The molecule has 2 rings (SSSR count). The van der Waals surface area contributed by atoms with E-state index in [1.165, 1.54) is 41.9 Å². The third-order valence-corrected chi connectivity index (χ3v) is 4.28. The van der Waals surface area contributed by atoms with Gasteiger partial charge in [0.2, 0.25) is 0 Å². The molecule has 0 radical (unpaired) electrons. The monoisotopic (exact) mass is 244 g/mol. The predicted octanol–water partition coefficient (Wildman–Crippen LogP) is 5.43. The van der Waals surface area contributed by atoms with Crippen molar-refractivity contribution in [3.63, 3.8) is 0 Å². The van der Waals surface area contributed by atoms with Crippen LogP contribution in [0.5, 0.6) is 0 Å². The molecule has 1 aromatic rings. The van der Waals surface area contributed by atoms with Crippen molar-refractivity contribution in [3.8, 4) is 0 Å². The summed E-state index contributed by atoms with van der Waals surface area (Å²) in [7, 11) is 0. The van der Waals surface area contributed by atoms with E-state index in [2.05, 4.69) is 43.0 Å². The molecule has 1 fully saturated rings. The van der Waals surface area contributed by atoms with Gasteiger partial charge in [0.25, 0.3) is 0 Å². The molecular weight excluding hydrogens is 224 g/mol. The summed E-state index contributed by atoms with van der Waals surface area (Å²) >= 11 is 1.83. The van der Waals surface area contributed by atoms with E-state index in [1.54, 1.807) is 0 Å². The van der Waals surface area contributed by atoms with Gasteiger partial charge in [-0.1, -0.05) is 68.0 Å². The topological polar surface area (TPSA) is 0 Å². The van der Waals surface area contributed by atoms with Crippen molar-refractivity contribution in [2.75, 3.05) is 0 Å². The van der Waals surface area contributed by atoms with Crippen LogP contribution in [0.4, 0.5) is 0 Å². The minimum Gasteiger partial charge on any atom is -0.0980 e. The second kappa shape index (κ2) is 6.70. The molecule has 1 aliphatic carbocycles. The Morgan fingerprint density at radius 2 is 1.82 bits per heavy atom. The van der Waals surface area contributed by atoms with Gasteiger partial charge in [-0.3, -0.25) is 0 Å². The minimum atomic E-state index is 0.771. The molecule has 0 amide bonds. The normalized spacial score (nSPS) is 18.0. The van der Waals surface area contributed by atoms with Crippen molar-refractivity contribution in [2.45, 2.75) is 37.0 Å². The Bertz CT molecular complexity index is 372. The Balaban J connectivity index is 2.00. The lowest BCUT2D eigenvalue weighted by molar-refractivity contribution is 0.419. The standard InChI is InChI=1S/C16H20S/c1-2-15(13-14-9-5-3-6-10-14)17-16-11-7-4-8-12-16/h2,4,7-8,11-14H,1,3,5-6,9-10H2/b15-13+. The van der Waals surface area contributed by atoms with Gasteiger partial charge in [-0.25, -0.2) is 0 Å². The molecular formula is C16H20S. The van der Waals surface area contributed by atoms with Gasteiger partial charge < -0.3 is 0 Å². The molecule has 0 saturated heterocycles. The highest BCUT2D eigenvalue weighted by molar-refractivity contribution is 8.03. The van der Waals surface area contributed by atoms with Crippen LogP contribution in [0, 0.1) is 5.92 Å².